The Morgan fingerprint density at radius 1 is 1.15 bits per heavy atom. The Bertz CT molecular complexity index is 677. The highest BCUT2D eigenvalue weighted by Crippen LogP contribution is 2.22. The van der Waals surface area contributed by atoms with Crippen LogP contribution in [0.15, 0.2) is 24.3 Å². The largest absolute Gasteiger partial charge is 0.354 e. The van der Waals surface area contributed by atoms with Crippen LogP contribution in [-0.4, -0.2) is 41.8 Å². The highest BCUT2D eigenvalue weighted by molar-refractivity contribution is 5.99. The number of carbonyl (C=O) groups excluding carboxylic acids is 3. The number of unbranched alkanes of at least 4 members (excludes halogenated alkanes) is 1. The van der Waals surface area contributed by atoms with Gasteiger partial charge in [-0.05, 0) is 43.5 Å². The molecule has 0 aliphatic carbocycles. The van der Waals surface area contributed by atoms with Crippen molar-refractivity contribution < 1.29 is 14.4 Å². The van der Waals surface area contributed by atoms with Crippen LogP contribution in [0.1, 0.15) is 63.7 Å². The fourth-order valence-electron chi connectivity index (χ4n) is 2.97. The second-order valence-electron chi connectivity index (χ2n) is 8.08. The monoisotopic (exact) mass is 373 g/mol. The summed E-state index contributed by atoms with van der Waals surface area (Å²) in [5.41, 5.74) is 0.696. The SMILES string of the molecule is CCCCNC(=O)[C@H]1CCCN1C(=O)c1ccc(NC(=O)C(C)(C)C)cc1. The van der Waals surface area contributed by atoms with E-state index in [0.29, 0.717) is 30.8 Å². The number of nitrogens with one attached hydrogen (secondary N) is 2. The first-order valence-electron chi connectivity index (χ1n) is 9.74. The van der Waals surface area contributed by atoms with Crippen molar-refractivity contribution in [3.05, 3.63) is 29.8 Å². The minimum absolute atomic E-state index is 0.0663. The molecule has 0 unspecified atom stereocenters. The maximum atomic E-state index is 12.8. The zero-order valence-corrected chi connectivity index (χ0v) is 16.8. The van der Waals surface area contributed by atoms with Crippen LogP contribution in [0.3, 0.4) is 0 Å². The Morgan fingerprint density at radius 2 is 1.81 bits per heavy atom. The number of hydrogen-bond donors (Lipinski definition) is 2. The van der Waals surface area contributed by atoms with Gasteiger partial charge in [-0.1, -0.05) is 34.1 Å². The first-order valence-corrected chi connectivity index (χ1v) is 9.74. The third-order valence-electron chi connectivity index (χ3n) is 4.72. The molecule has 1 aliphatic rings. The summed E-state index contributed by atoms with van der Waals surface area (Å²) >= 11 is 0. The lowest BCUT2D eigenvalue weighted by Gasteiger charge is -2.24. The molecule has 27 heavy (non-hydrogen) atoms. The molecular formula is C21H31N3O3. The summed E-state index contributed by atoms with van der Waals surface area (Å²) < 4.78 is 0. The summed E-state index contributed by atoms with van der Waals surface area (Å²) in [4.78, 5) is 38.9. The van der Waals surface area contributed by atoms with E-state index in [0.717, 1.165) is 19.3 Å². The fourth-order valence-corrected chi connectivity index (χ4v) is 2.97. The molecule has 2 N–H and O–H groups in total. The molecule has 1 atom stereocenters. The molecule has 6 nitrogen and oxygen atoms in total. The molecule has 1 fully saturated rings. The van der Waals surface area contributed by atoms with Crippen molar-refractivity contribution in [1.29, 1.82) is 0 Å². The van der Waals surface area contributed by atoms with E-state index in [4.69, 9.17) is 0 Å². The van der Waals surface area contributed by atoms with Crippen LogP contribution < -0.4 is 10.6 Å². The molecular weight excluding hydrogens is 342 g/mol. The molecule has 0 aromatic heterocycles. The van der Waals surface area contributed by atoms with Gasteiger partial charge in [0.05, 0.1) is 0 Å². The topological polar surface area (TPSA) is 78.5 Å². The summed E-state index contributed by atoms with van der Waals surface area (Å²) in [5.74, 6) is -0.287. The van der Waals surface area contributed by atoms with Gasteiger partial charge >= 0.3 is 0 Å². The van der Waals surface area contributed by atoms with Crippen molar-refractivity contribution >= 4 is 23.4 Å². The van der Waals surface area contributed by atoms with Crippen LogP contribution in [0.2, 0.25) is 0 Å². The van der Waals surface area contributed by atoms with Crippen LogP contribution in [0.4, 0.5) is 5.69 Å². The van der Waals surface area contributed by atoms with Gasteiger partial charge in [0.1, 0.15) is 6.04 Å². The van der Waals surface area contributed by atoms with Crippen molar-refractivity contribution in [3.63, 3.8) is 0 Å². The number of benzene rings is 1. The molecule has 0 radical (unpaired) electrons. The summed E-state index contributed by atoms with van der Waals surface area (Å²) in [5, 5.41) is 5.77. The van der Waals surface area contributed by atoms with E-state index in [9.17, 15) is 14.4 Å². The molecule has 1 aromatic rings. The minimum Gasteiger partial charge on any atom is -0.354 e. The van der Waals surface area contributed by atoms with Crippen molar-refractivity contribution in [1.82, 2.24) is 10.2 Å². The Kier molecular flexibility index (Phi) is 6.99. The van der Waals surface area contributed by atoms with E-state index in [1.807, 2.05) is 20.8 Å². The van der Waals surface area contributed by atoms with Gasteiger partial charge in [-0.15, -0.1) is 0 Å². The van der Waals surface area contributed by atoms with Crippen molar-refractivity contribution in [3.8, 4) is 0 Å². The Balaban J connectivity index is 2.01. The average Bonchev–Trinajstić information content (AvgIpc) is 3.11. The standard InChI is InChI=1S/C21H31N3O3/c1-5-6-13-22-18(25)17-8-7-14-24(17)19(26)15-9-11-16(12-10-15)23-20(27)21(2,3)4/h9-12,17H,5-8,13-14H2,1-4H3,(H,22,25)(H,23,27)/t17-/m1/s1. The minimum atomic E-state index is -0.484. The van der Waals surface area contributed by atoms with E-state index >= 15 is 0 Å². The van der Waals surface area contributed by atoms with Crippen LogP contribution >= 0.6 is 0 Å². The van der Waals surface area contributed by atoms with Gasteiger partial charge in [0.2, 0.25) is 11.8 Å². The Labute approximate surface area is 161 Å². The van der Waals surface area contributed by atoms with E-state index < -0.39 is 11.5 Å². The van der Waals surface area contributed by atoms with E-state index in [-0.39, 0.29) is 17.7 Å². The molecule has 1 aromatic carbocycles. The van der Waals surface area contributed by atoms with E-state index in [2.05, 4.69) is 17.6 Å². The molecule has 3 amide bonds. The summed E-state index contributed by atoms with van der Waals surface area (Å²) in [6, 6.07) is 6.46. The molecule has 1 saturated heterocycles. The molecule has 0 bridgehead atoms. The van der Waals surface area contributed by atoms with Gasteiger partial charge in [0.15, 0.2) is 0 Å². The third-order valence-corrected chi connectivity index (χ3v) is 4.72. The Morgan fingerprint density at radius 3 is 2.41 bits per heavy atom. The fraction of sp³-hybridized carbons (Fsp3) is 0.571. The molecule has 1 heterocycles. The van der Waals surface area contributed by atoms with Gasteiger partial charge in [-0.2, -0.15) is 0 Å². The second kappa shape index (κ2) is 9.02. The summed E-state index contributed by atoms with van der Waals surface area (Å²) in [6.45, 7) is 8.85. The van der Waals surface area contributed by atoms with Crippen LogP contribution in [0, 0.1) is 5.41 Å². The van der Waals surface area contributed by atoms with E-state index in [1.165, 1.54) is 0 Å². The molecule has 0 saturated carbocycles. The summed E-state index contributed by atoms with van der Waals surface area (Å²) in [7, 11) is 0. The maximum Gasteiger partial charge on any atom is 0.254 e. The molecule has 2 rings (SSSR count). The average molecular weight is 373 g/mol. The van der Waals surface area contributed by atoms with Crippen molar-refractivity contribution in [2.45, 2.75) is 59.4 Å². The highest BCUT2D eigenvalue weighted by Gasteiger charge is 2.34. The summed E-state index contributed by atoms with van der Waals surface area (Å²) in [6.07, 6.45) is 3.49. The second-order valence-corrected chi connectivity index (χ2v) is 8.08. The number of likely N-dealkylation sites (tertiary alicyclic amines) is 1. The third kappa shape index (κ3) is 5.55. The lowest BCUT2D eigenvalue weighted by molar-refractivity contribution is -0.125. The van der Waals surface area contributed by atoms with Crippen molar-refractivity contribution in [2.75, 3.05) is 18.4 Å². The zero-order valence-electron chi connectivity index (χ0n) is 16.8. The molecule has 6 heteroatoms. The smallest absolute Gasteiger partial charge is 0.254 e. The van der Waals surface area contributed by atoms with Gasteiger partial charge in [-0.3, -0.25) is 14.4 Å². The van der Waals surface area contributed by atoms with Gasteiger partial charge < -0.3 is 15.5 Å². The number of carbonyl (C=O) groups is 3. The molecule has 0 spiro atoms. The Hall–Kier alpha value is -2.37. The van der Waals surface area contributed by atoms with Crippen LogP contribution in [0.5, 0.6) is 0 Å². The lowest BCUT2D eigenvalue weighted by atomic mass is 9.95. The highest BCUT2D eigenvalue weighted by atomic mass is 16.2. The maximum absolute atomic E-state index is 12.8. The van der Waals surface area contributed by atoms with Crippen LogP contribution in [0.25, 0.3) is 0 Å². The quantitative estimate of drug-likeness (QED) is 0.752. The number of nitrogens with zero attached hydrogens (tertiary/aromatic N) is 1. The zero-order chi connectivity index (χ0) is 20.0. The lowest BCUT2D eigenvalue weighted by Crippen LogP contribution is -2.46. The van der Waals surface area contributed by atoms with Gasteiger partial charge in [0.25, 0.3) is 5.91 Å². The first kappa shape index (κ1) is 20.9. The van der Waals surface area contributed by atoms with Crippen LogP contribution in [-0.2, 0) is 9.59 Å². The number of hydrogen-bond acceptors (Lipinski definition) is 3. The van der Waals surface area contributed by atoms with Crippen molar-refractivity contribution in [2.24, 2.45) is 5.41 Å². The number of rotatable bonds is 6. The molecule has 1 aliphatic heterocycles. The predicted octanol–water partition coefficient (Wildman–Crippen LogP) is 3.19. The number of amides is 3. The first-order chi connectivity index (χ1) is 12.7. The number of anilines is 1. The van der Waals surface area contributed by atoms with Gasteiger partial charge in [0, 0.05) is 29.8 Å². The molecule has 148 valence electrons. The van der Waals surface area contributed by atoms with E-state index in [1.54, 1.807) is 29.2 Å². The van der Waals surface area contributed by atoms with Gasteiger partial charge in [-0.25, -0.2) is 0 Å². The predicted molar refractivity (Wildman–Crippen MR) is 107 cm³/mol. The normalized spacial score (nSPS) is 16.9.